The molecule has 1 aromatic carbocycles. The SMILES string of the molecule is CC(C)Nc1cnc(N2CCCCC2)c2ccccc12. The van der Waals surface area contributed by atoms with E-state index in [4.69, 9.17) is 4.98 Å². The molecule has 1 N–H and O–H groups in total. The third-order valence-electron chi connectivity index (χ3n) is 3.87. The molecule has 3 heteroatoms. The molecule has 0 saturated carbocycles. The van der Waals surface area contributed by atoms with E-state index < -0.39 is 0 Å². The lowest BCUT2D eigenvalue weighted by atomic mass is 10.1. The highest BCUT2D eigenvalue weighted by molar-refractivity contribution is 6.00. The van der Waals surface area contributed by atoms with Gasteiger partial charge in [-0.15, -0.1) is 0 Å². The van der Waals surface area contributed by atoms with Gasteiger partial charge in [0, 0.05) is 29.9 Å². The smallest absolute Gasteiger partial charge is 0.136 e. The maximum atomic E-state index is 4.75. The maximum absolute atomic E-state index is 4.75. The molecule has 0 atom stereocenters. The van der Waals surface area contributed by atoms with E-state index in [0.717, 1.165) is 24.6 Å². The van der Waals surface area contributed by atoms with Crippen molar-refractivity contribution in [2.24, 2.45) is 0 Å². The van der Waals surface area contributed by atoms with Crippen molar-refractivity contribution in [2.45, 2.75) is 39.2 Å². The first-order chi connectivity index (χ1) is 9.75. The first kappa shape index (κ1) is 13.2. The first-order valence-electron chi connectivity index (χ1n) is 7.65. The Morgan fingerprint density at radius 2 is 1.75 bits per heavy atom. The van der Waals surface area contributed by atoms with Gasteiger partial charge in [-0.2, -0.15) is 0 Å². The summed E-state index contributed by atoms with van der Waals surface area (Å²) in [5.74, 6) is 1.15. The molecule has 0 bridgehead atoms. The average Bonchev–Trinajstić information content (AvgIpc) is 2.48. The van der Waals surface area contributed by atoms with E-state index in [-0.39, 0.29) is 0 Å². The van der Waals surface area contributed by atoms with Crippen molar-refractivity contribution in [3.8, 4) is 0 Å². The zero-order valence-corrected chi connectivity index (χ0v) is 12.4. The molecule has 3 nitrogen and oxygen atoms in total. The van der Waals surface area contributed by atoms with Gasteiger partial charge >= 0.3 is 0 Å². The Hall–Kier alpha value is -1.77. The van der Waals surface area contributed by atoms with Gasteiger partial charge in [-0.05, 0) is 33.1 Å². The highest BCUT2D eigenvalue weighted by Gasteiger charge is 2.16. The summed E-state index contributed by atoms with van der Waals surface area (Å²) in [7, 11) is 0. The number of fused-ring (bicyclic) bond motifs is 1. The second-order valence-electron chi connectivity index (χ2n) is 5.89. The molecule has 0 aliphatic carbocycles. The Morgan fingerprint density at radius 3 is 2.45 bits per heavy atom. The van der Waals surface area contributed by atoms with Crippen molar-refractivity contribution in [3.05, 3.63) is 30.5 Å². The van der Waals surface area contributed by atoms with Crippen LogP contribution in [0.2, 0.25) is 0 Å². The second-order valence-corrected chi connectivity index (χ2v) is 5.89. The Morgan fingerprint density at radius 1 is 1.05 bits per heavy atom. The summed E-state index contributed by atoms with van der Waals surface area (Å²) in [5.41, 5.74) is 1.14. The summed E-state index contributed by atoms with van der Waals surface area (Å²) < 4.78 is 0. The van der Waals surface area contributed by atoms with Crippen LogP contribution in [0, 0.1) is 0 Å². The summed E-state index contributed by atoms with van der Waals surface area (Å²) in [6, 6.07) is 9.01. The molecule has 20 heavy (non-hydrogen) atoms. The Kier molecular flexibility index (Phi) is 3.77. The summed E-state index contributed by atoms with van der Waals surface area (Å²) in [6.07, 6.45) is 5.90. The van der Waals surface area contributed by atoms with E-state index in [1.807, 2.05) is 6.20 Å². The van der Waals surface area contributed by atoms with Gasteiger partial charge in [0.25, 0.3) is 0 Å². The minimum absolute atomic E-state index is 0.418. The maximum Gasteiger partial charge on any atom is 0.136 e. The van der Waals surface area contributed by atoms with Crippen LogP contribution < -0.4 is 10.2 Å². The number of anilines is 2. The number of rotatable bonds is 3. The van der Waals surface area contributed by atoms with Crippen LogP contribution in [-0.2, 0) is 0 Å². The second kappa shape index (κ2) is 5.70. The Labute approximate surface area is 121 Å². The molecule has 2 aromatic rings. The third-order valence-corrected chi connectivity index (χ3v) is 3.87. The molecule has 106 valence electrons. The van der Waals surface area contributed by atoms with Gasteiger partial charge in [0.05, 0.1) is 11.9 Å². The monoisotopic (exact) mass is 269 g/mol. The molecule has 1 fully saturated rings. The van der Waals surface area contributed by atoms with E-state index >= 15 is 0 Å². The minimum Gasteiger partial charge on any atom is -0.381 e. The lowest BCUT2D eigenvalue weighted by Gasteiger charge is -2.29. The Balaban J connectivity index is 2.05. The fraction of sp³-hybridized carbons (Fsp3) is 0.471. The standard InChI is InChI=1S/C17H23N3/c1-13(2)19-16-12-18-17(20-10-6-3-7-11-20)15-9-5-4-8-14(15)16/h4-5,8-9,12-13,19H,3,6-7,10-11H2,1-2H3. The third kappa shape index (κ3) is 2.58. The van der Waals surface area contributed by atoms with Gasteiger partial charge in [-0.25, -0.2) is 4.98 Å². The van der Waals surface area contributed by atoms with Gasteiger partial charge in [-0.3, -0.25) is 0 Å². The normalized spacial score (nSPS) is 15.8. The van der Waals surface area contributed by atoms with E-state index in [1.54, 1.807) is 0 Å². The largest absolute Gasteiger partial charge is 0.381 e. The van der Waals surface area contributed by atoms with Crippen molar-refractivity contribution in [1.82, 2.24) is 4.98 Å². The van der Waals surface area contributed by atoms with Gasteiger partial charge in [-0.1, -0.05) is 24.3 Å². The molecule has 0 unspecified atom stereocenters. The number of nitrogens with one attached hydrogen (secondary N) is 1. The number of hydrogen-bond acceptors (Lipinski definition) is 3. The molecule has 0 radical (unpaired) electrons. The molecule has 1 aromatic heterocycles. The van der Waals surface area contributed by atoms with Crippen molar-refractivity contribution in [1.29, 1.82) is 0 Å². The van der Waals surface area contributed by atoms with Gasteiger partial charge in [0.2, 0.25) is 0 Å². The predicted octanol–water partition coefficient (Wildman–Crippen LogP) is 4.05. The van der Waals surface area contributed by atoms with Crippen LogP contribution in [-0.4, -0.2) is 24.1 Å². The van der Waals surface area contributed by atoms with Crippen molar-refractivity contribution >= 4 is 22.3 Å². The zero-order chi connectivity index (χ0) is 13.9. The van der Waals surface area contributed by atoms with Crippen LogP contribution >= 0.6 is 0 Å². The zero-order valence-electron chi connectivity index (χ0n) is 12.4. The average molecular weight is 269 g/mol. The summed E-state index contributed by atoms with van der Waals surface area (Å²) >= 11 is 0. The number of benzene rings is 1. The predicted molar refractivity (Wildman–Crippen MR) is 86.6 cm³/mol. The number of piperidine rings is 1. The fourth-order valence-electron chi connectivity index (χ4n) is 2.96. The molecule has 0 amide bonds. The number of aromatic nitrogens is 1. The molecular formula is C17H23N3. The molecule has 1 saturated heterocycles. The molecular weight excluding hydrogens is 246 g/mol. The van der Waals surface area contributed by atoms with Crippen molar-refractivity contribution in [2.75, 3.05) is 23.3 Å². The molecule has 2 heterocycles. The fourth-order valence-corrected chi connectivity index (χ4v) is 2.96. The number of hydrogen-bond donors (Lipinski definition) is 1. The topological polar surface area (TPSA) is 28.2 Å². The molecule has 1 aliphatic rings. The van der Waals surface area contributed by atoms with Crippen LogP contribution in [0.25, 0.3) is 10.8 Å². The highest BCUT2D eigenvalue weighted by atomic mass is 15.2. The van der Waals surface area contributed by atoms with Crippen LogP contribution in [0.1, 0.15) is 33.1 Å². The van der Waals surface area contributed by atoms with Crippen LogP contribution in [0.4, 0.5) is 11.5 Å². The van der Waals surface area contributed by atoms with Gasteiger partial charge in [0.15, 0.2) is 0 Å². The van der Waals surface area contributed by atoms with Crippen molar-refractivity contribution in [3.63, 3.8) is 0 Å². The van der Waals surface area contributed by atoms with Gasteiger partial charge in [0.1, 0.15) is 5.82 Å². The number of pyridine rings is 1. The van der Waals surface area contributed by atoms with E-state index in [0.29, 0.717) is 6.04 Å². The number of nitrogens with zero attached hydrogens (tertiary/aromatic N) is 2. The minimum atomic E-state index is 0.418. The molecule has 1 aliphatic heterocycles. The molecule has 3 rings (SSSR count). The lowest BCUT2D eigenvalue weighted by Crippen LogP contribution is -2.30. The van der Waals surface area contributed by atoms with E-state index in [9.17, 15) is 0 Å². The highest BCUT2D eigenvalue weighted by Crippen LogP contribution is 2.31. The van der Waals surface area contributed by atoms with Gasteiger partial charge < -0.3 is 10.2 Å². The van der Waals surface area contributed by atoms with Crippen LogP contribution in [0.3, 0.4) is 0 Å². The first-order valence-corrected chi connectivity index (χ1v) is 7.65. The summed E-state index contributed by atoms with van der Waals surface area (Å²) in [5, 5.41) is 6.04. The van der Waals surface area contributed by atoms with Crippen molar-refractivity contribution < 1.29 is 0 Å². The molecule has 0 spiro atoms. The van der Waals surface area contributed by atoms with Crippen LogP contribution in [0.5, 0.6) is 0 Å². The summed E-state index contributed by atoms with van der Waals surface area (Å²) in [6.45, 7) is 6.59. The quantitative estimate of drug-likeness (QED) is 0.911. The van der Waals surface area contributed by atoms with Crippen LogP contribution in [0.15, 0.2) is 30.5 Å². The van der Waals surface area contributed by atoms with E-state index in [2.05, 4.69) is 48.3 Å². The Bertz CT molecular complexity index is 586. The summed E-state index contributed by atoms with van der Waals surface area (Å²) in [4.78, 5) is 7.18. The van der Waals surface area contributed by atoms with E-state index in [1.165, 1.54) is 30.0 Å². The lowest BCUT2D eigenvalue weighted by molar-refractivity contribution is 0.575.